The third kappa shape index (κ3) is 4.85. The molecule has 0 radical (unpaired) electrons. The van der Waals surface area contributed by atoms with Crippen LogP contribution < -0.4 is 0 Å². The van der Waals surface area contributed by atoms with Gasteiger partial charge in [0.2, 0.25) is 5.91 Å². The average molecular weight is 330 g/mol. The summed E-state index contributed by atoms with van der Waals surface area (Å²) in [6.07, 6.45) is 2.94. The van der Waals surface area contributed by atoms with Gasteiger partial charge in [-0.15, -0.1) is 0 Å². The molecule has 1 amide bonds. The molecule has 0 aromatic carbocycles. The molecule has 7 nitrogen and oxygen atoms in total. The van der Waals surface area contributed by atoms with E-state index in [0.717, 1.165) is 0 Å². The van der Waals surface area contributed by atoms with Crippen molar-refractivity contribution in [2.24, 2.45) is 7.05 Å². The molecule has 8 heteroatoms. The molecule has 0 saturated carbocycles. The summed E-state index contributed by atoms with van der Waals surface area (Å²) < 4.78 is 11.0. The lowest BCUT2D eigenvalue weighted by molar-refractivity contribution is -0.145. The van der Waals surface area contributed by atoms with Crippen molar-refractivity contribution < 1.29 is 19.1 Å². The molecule has 0 aliphatic carbocycles. The van der Waals surface area contributed by atoms with E-state index in [1.54, 1.807) is 20.0 Å². The predicted molar refractivity (Wildman–Crippen MR) is 82.5 cm³/mol. The van der Waals surface area contributed by atoms with Gasteiger partial charge in [-0.05, 0) is 13.0 Å². The van der Waals surface area contributed by atoms with E-state index in [9.17, 15) is 9.59 Å². The molecule has 0 atom stereocenters. The Bertz CT molecular complexity index is 569. The summed E-state index contributed by atoms with van der Waals surface area (Å²) >= 11 is 6.10. The Morgan fingerprint density at radius 2 is 2.09 bits per heavy atom. The van der Waals surface area contributed by atoms with Gasteiger partial charge in [0.25, 0.3) is 0 Å². The number of ether oxygens (including phenoxy) is 2. The number of amides is 1. The number of hydrogen-bond acceptors (Lipinski definition) is 5. The molecule has 0 aliphatic rings. The lowest BCUT2D eigenvalue weighted by atomic mass is 10.2. The normalized spacial score (nSPS) is 11.0. The van der Waals surface area contributed by atoms with Crippen molar-refractivity contribution in [1.82, 2.24) is 14.7 Å². The number of carbonyl (C=O) groups is 2. The van der Waals surface area contributed by atoms with Crippen LogP contribution in [0, 0.1) is 6.92 Å². The molecule has 1 heterocycles. The van der Waals surface area contributed by atoms with Crippen molar-refractivity contribution in [1.29, 1.82) is 0 Å². The van der Waals surface area contributed by atoms with Gasteiger partial charge in [-0.25, -0.2) is 0 Å². The van der Waals surface area contributed by atoms with E-state index in [2.05, 4.69) is 9.84 Å². The van der Waals surface area contributed by atoms with Crippen LogP contribution >= 0.6 is 11.6 Å². The lowest BCUT2D eigenvalue weighted by Crippen LogP contribution is -2.37. The highest BCUT2D eigenvalue weighted by molar-refractivity contribution is 6.31. The highest BCUT2D eigenvalue weighted by Gasteiger charge is 2.16. The summed E-state index contributed by atoms with van der Waals surface area (Å²) in [5, 5.41) is 4.60. The van der Waals surface area contributed by atoms with Gasteiger partial charge in [-0.3, -0.25) is 14.3 Å². The largest absolute Gasteiger partial charge is 0.468 e. The molecule has 0 spiro atoms. The van der Waals surface area contributed by atoms with Crippen LogP contribution in [0.4, 0.5) is 0 Å². The van der Waals surface area contributed by atoms with Crippen molar-refractivity contribution in [2.45, 2.75) is 6.92 Å². The minimum absolute atomic E-state index is 0.136. The van der Waals surface area contributed by atoms with Crippen molar-refractivity contribution in [2.75, 3.05) is 33.9 Å². The van der Waals surface area contributed by atoms with Crippen LogP contribution in [0.5, 0.6) is 0 Å². The summed E-state index contributed by atoms with van der Waals surface area (Å²) in [6, 6.07) is 0. The van der Waals surface area contributed by atoms with Gasteiger partial charge in [0.05, 0.1) is 19.4 Å². The predicted octanol–water partition coefficient (Wildman–Crippen LogP) is 1.04. The molecule has 122 valence electrons. The smallest absolute Gasteiger partial charge is 0.325 e. The minimum atomic E-state index is -0.492. The van der Waals surface area contributed by atoms with Crippen molar-refractivity contribution >= 4 is 29.6 Å². The fourth-order valence-electron chi connectivity index (χ4n) is 1.78. The van der Waals surface area contributed by atoms with Gasteiger partial charge in [0.1, 0.15) is 11.7 Å². The van der Waals surface area contributed by atoms with Gasteiger partial charge < -0.3 is 14.4 Å². The molecule has 0 aliphatic heterocycles. The van der Waals surface area contributed by atoms with E-state index in [0.29, 0.717) is 23.0 Å². The first-order chi connectivity index (χ1) is 10.4. The fourth-order valence-corrected chi connectivity index (χ4v) is 2.02. The van der Waals surface area contributed by atoms with Crippen LogP contribution in [0.2, 0.25) is 5.15 Å². The number of halogens is 1. The maximum atomic E-state index is 12.2. The van der Waals surface area contributed by atoms with E-state index in [1.165, 1.54) is 29.9 Å². The number of carbonyl (C=O) groups excluding carboxylic acids is 2. The molecule has 1 aromatic heterocycles. The average Bonchev–Trinajstić information content (AvgIpc) is 2.73. The molecule has 0 fully saturated rings. The molecule has 0 N–H and O–H groups in total. The number of hydrogen-bond donors (Lipinski definition) is 0. The van der Waals surface area contributed by atoms with Gasteiger partial charge in [0.15, 0.2) is 0 Å². The second-order valence-electron chi connectivity index (χ2n) is 4.58. The van der Waals surface area contributed by atoms with Crippen LogP contribution in [0.15, 0.2) is 6.08 Å². The Morgan fingerprint density at radius 1 is 1.41 bits per heavy atom. The fraction of sp³-hybridized carbons (Fsp3) is 0.500. The molecule has 0 saturated heterocycles. The zero-order valence-corrected chi connectivity index (χ0v) is 13.9. The summed E-state index contributed by atoms with van der Waals surface area (Å²) in [7, 11) is 4.52. The monoisotopic (exact) mass is 329 g/mol. The third-order valence-electron chi connectivity index (χ3n) is 3.01. The Morgan fingerprint density at radius 3 is 2.59 bits per heavy atom. The zero-order chi connectivity index (χ0) is 16.7. The number of methoxy groups -OCH3 is 2. The van der Waals surface area contributed by atoms with Crippen LogP contribution in [-0.4, -0.2) is 60.5 Å². The van der Waals surface area contributed by atoms with Gasteiger partial charge >= 0.3 is 5.97 Å². The molecular weight excluding hydrogens is 310 g/mol. The minimum Gasteiger partial charge on any atom is -0.468 e. The van der Waals surface area contributed by atoms with Gasteiger partial charge in [-0.2, -0.15) is 5.10 Å². The van der Waals surface area contributed by atoms with E-state index < -0.39 is 5.97 Å². The maximum Gasteiger partial charge on any atom is 0.325 e. The van der Waals surface area contributed by atoms with Crippen LogP contribution in [0.1, 0.15) is 11.3 Å². The second-order valence-corrected chi connectivity index (χ2v) is 4.93. The highest BCUT2D eigenvalue weighted by atomic mass is 35.5. The number of aromatic nitrogens is 2. The molecule has 1 rings (SSSR count). The molecule has 0 bridgehead atoms. The van der Waals surface area contributed by atoms with Gasteiger partial charge in [0, 0.05) is 32.3 Å². The lowest BCUT2D eigenvalue weighted by Gasteiger charge is -2.19. The Kier molecular flexibility index (Phi) is 7.07. The Labute approximate surface area is 134 Å². The summed E-state index contributed by atoms with van der Waals surface area (Å²) in [5.41, 5.74) is 1.38. The van der Waals surface area contributed by atoms with Crippen LogP contribution in [0.25, 0.3) is 6.08 Å². The van der Waals surface area contributed by atoms with E-state index in [4.69, 9.17) is 16.3 Å². The van der Waals surface area contributed by atoms with Crippen molar-refractivity contribution in [3.05, 3.63) is 22.5 Å². The van der Waals surface area contributed by atoms with Crippen LogP contribution in [0.3, 0.4) is 0 Å². The first-order valence-corrected chi connectivity index (χ1v) is 7.00. The van der Waals surface area contributed by atoms with Gasteiger partial charge in [-0.1, -0.05) is 11.6 Å². The van der Waals surface area contributed by atoms with E-state index >= 15 is 0 Å². The molecule has 0 unspecified atom stereocenters. The van der Waals surface area contributed by atoms with Crippen molar-refractivity contribution in [3.63, 3.8) is 0 Å². The highest BCUT2D eigenvalue weighted by Crippen LogP contribution is 2.20. The summed E-state index contributed by atoms with van der Waals surface area (Å²) in [6.45, 7) is 2.27. The Balaban J connectivity index is 2.84. The molecular formula is C14H20ClN3O4. The first kappa shape index (κ1) is 18.2. The zero-order valence-electron chi connectivity index (χ0n) is 13.1. The summed E-state index contributed by atoms with van der Waals surface area (Å²) in [5.74, 6) is -0.824. The third-order valence-corrected chi connectivity index (χ3v) is 3.46. The van der Waals surface area contributed by atoms with E-state index in [-0.39, 0.29) is 19.0 Å². The van der Waals surface area contributed by atoms with E-state index in [1.807, 2.05) is 0 Å². The van der Waals surface area contributed by atoms with Crippen molar-refractivity contribution in [3.8, 4) is 0 Å². The number of rotatable bonds is 7. The van der Waals surface area contributed by atoms with Crippen LogP contribution in [-0.2, 0) is 26.1 Å². The SMILES string of the molecule is COCCN(CC(=O)OC)C(=O)/C=C/c1c(C)nn(C)c1Cl. The Hall–Kier alpha value is -1.86. The first-order valence-electron chi connectivity index (χ1n) is 6.62. The quantitative estimate of drug-likeness (QED) is 0.552. The molecule has 22 heavy (non-hydrogen) atoms. The number of esters is 1. The summed E-state index contributed by atoms with van der Waals surface area (Å²) in [4.78, 5) is 24.9. The number of aryl methyl sites for hydroxylation is 2. The topological polar surface area (TPSA) is 73.7 Å². The molecule has 1 aromatic rings. The number of nitrogens with zero attached hydrogens (tertiary/aromatic N) is 3. The maximum absolute atomic E-state index is 12.2. The second kappa shape index (κ2) is 8.55. The standard InChI is InChI=1S/C14H20ClN3O4/c1-10-11(14(15)17(2)16-10)5-6-12(19)18(7-8-21-3)9-13(20)22-4/h5-6H,7-9H2,1-4H3/b6-5+.